The van der Waals surface area contributed by atoms with Crippen LogP contribution in [0.1, 0.15) is 71.8 Å². The molecule has 41 heavy (non-hydrogen) atoms. The number of likely N-dealkylation sites (N-methyl/N-ethyl adjacent to an activating group) is 1. The zero-order chi connectivity index (χ0) is 29.8. The molecule has 1 aliphatic carbocycles. The van der Waals surface area contributed by atoms with Crippen molar-refractivity contribution in [3.8, 4) is 0 Å². The van der Waals surface area contributed by atoms with E-state index in [0.29, 0.717) is 50.9 Å². The molecule has 0 spiro atoms. The first-order valence-electron chi connectivity index (χ1n) is 15.4. The fourth-order valence-corrected chi connectivity index (χ4v) is 6.85. The molecule has 8 nitrogen and oxygen atoms in total. The minimum absolute atomic E-state index is 0.111. The number of hydrogen-bond acceptors (Lipinski definition) is 5. The van der Waals surface area contributed by atoms with Gasteiger partial charge in [-0.3, -0.25) is 14.4 Å². The Kier molecular flexibility index (Phi) is 10.1. The summed E-state index contributed by atoms with van der Waals surface area (Å²) in [7, 11) is 1.98. The van der Waals surface area contributed by atoms with E-state index in [1.54, 1.807) is 12.1 Å². The van der Waals surface area contributed by atoms with Crippen LogP contribution in [0.15, 0.2) is 24.3 Å². The number of carbonyl (C=O) groups is 3. The summed E-state index contributed by atoms with van der Waals surface area (Å²) in [6.07, 6.45) is 5.86. The van der Waals surface area contributed by atoms with Gasteiger partial charge in [0.2, 0.25) is 17.7 Å². The van der Waals surface area contributed by atoms with Crippen molar-refractivity contribution in [3.05, 3.63) is 35.6 Å². The van der Waals surface area contributed by atoms with E-state index in [0.717, 1.165) is 37.8 Å². The van der Waals surface area contributed by atoms with Crippen molar-refractivity contribution in [3.63, 3.8) is 0 Å². The Morgan fingerprint density at radius 3 is 2.27 bits per heavy atom. The standard InChI is InChI=1S/C32H50FN5O3/c1-22-6-10-24(11-7-22)32(30(41)36-31(2,3)4)14-17-38(18-15-32)29(40)26(20-23-8-12-25(33)13-9-23)35-28(39)27-21-37(5)19-16-34-27/h8-9,12-13,22,24,26-27,34H,6-7,10-11,14-21H2,1-5H3,(H,35,39)(H,36,41)/t22?,24?,26-,27+/m1/s1. The van der Waals surface area contributed by atoms with Crippen LogP contribution in [0.2, 0.25) is 0 Å². The molecule has 3 N–H and O–H groups in total. The fourth-order valence-electron chi connectivity index (χ4n) is 6.85. The van der Waals surface area contributed by atoms with Crippen molar-refractivity contribution in [2.24, 2.45) is 17.3 Å². The normalized spacial score (nSPS) is 26.2. The SMILES string of the molecule is CC1CCC(C2(C(=O)NC(C)(C)C)CCN(C(=O)[C@@H](Cc3ccc(F)cc3)NC(=O)[C@@H]3CN(C)CCN3)CC2)CC1. The summed E-state index contributed by atoms with van der Waals surface area (Å²) >= 11 is 0. The minimum Gasteiger partial charge on any atom is -0.351 e. The van der Waals surface area contributed by atoms with Gasteiger partial charge in [-0.1, -0.05) is 31.9 Å². The van der Waals surface area contributed by atoms with E-state index in [-0.39, 0.29) is 35.5 Å². The van der Waals surface area contributed by atoms with Crippen molar-refractivity contribution < 1.29 is 18.8 Å². The second-order valence-corrected chi connectivity index (χ2v) is 13.8. The van der Waals surface area contributed by atoms with E-state index in [4.69, 9.17) is 0 Å². The second kappa shape index (κ2) is 13.2. The smallest absolute Gasteiger partial charge is 0.245 e. The number of carbonyl (C=O) groups excluding carboxylic acids is 3. The second-order valence-electron chi connectivity index (χ2n) is 13.8. The molecule has 1 aromatic carbocycles. The van der Waals surface area contributed by atoms with E-state index in [1.807, 2.05) is 32.7 Å². The van der Waals surface area contributed by atoms with E-state index < -0.39 is 17.5 Å². The Bertz CT molecular complexity index is 1060. The lowest BCUT2D eigenvalue weighted by Crippen LogP contribution is -2.61. The van der Waals surface area contributed by atoms with Gasteiger partial charge in [0, 0.05) is 44.7 Å². The van der Waals surface area contributed by atoms with Gasteiger partial charge in [-0.15, -0.1) is 0 Å². The maximum Gasteiger partial charge on any atom is 0.245 e. The van der Waals surface area contributed by atoms with Gasteiger partial charge in [0.25, 0.3) is 0 Å². The van der Waals surface area contributed by atoms with Crippen LogP contribution in [-0.2, 0) is 20.8 Å². The Morgan fingerprint density at radius 2 is 1.68 bits per heavy atom. The maximum absolute atomic E-state index is 14.0. The van der Waals surface area contributed by atoms with Gasteiger partial charge in [-0.05, 0) is 83.0 Å². The third-order valence-electron chi connectivity index (χ3n) is 9.37. The lowest BCUT2D eigenvalue weighted by atomic mass is 9.62. The lowest BCUT2D eigenvalue weighted by molar-refractivity contribution is -0.147. The molecule has 2 heterocycles. The van der Waals surface area contributed by atoms with Gasteiger partial charge in [0.1, 0.15) is 11.9 Å². The zero-order valence-corrected chi connectivity index (χ0v) is 25.6. The van der Waals surface area contributed by atoms with Crippen LogP contribution in [0.4, 0.5) is 4.39 Å². The van der Waals surface area contributed by atoms with Gasteiger partial charge in [-0.2, -0.15) is 0 Å². The average Bonchev–Trinajstić information content (AvgIpc) is 2.93. The van der Waals surface area contributed by atoms with Crippen molar-refractivity contribution in [2.75, 3.05) is 39.8 Å². The Balaban J connectivity index is 1.50. The largest absolute Gasteiger partial charge is 0.351 e. The third kappa shape index (κ3) is 8.07. The number of piperidine rings is 1. The molecule has 9 heteroatoms. The molecule has 2 atom stereocenters. The molecule has 0 unspecified atom stereocenters. The summed E-state index contributed by atoms with van der Waals surface area (Å²) in [5.41, 5.74) is -0.0349. The highest BCUT2D eigenvalue weighted by Crippen LogP contribution is 2.47. The number of rotatable bonds is 7. The number of piperazine rings is 1. The number of halogens is 1. The van der Waals surface area contributed by atoms with E-state index in [2.05, 4.69) is 27.8 Å². The molecule has 4 rings (SSSR count). The van der Waals surface area contributed by atoms with Crippen LogP contribution < -0.4 is 16.0 Å². The quantitative estimate of drug-likeness (QED) is 0.468. The Hall–Kier alpha value is -2.52. The molecular formula is C32H50FN5O3. The Morgan fingerprint density at radius 1 is 1.05 bits per heavy atom. The molecule has 2 saturated heterocycles. The highest BCUT2D eigenvalue weighted by molar-refractivity contribution is 5.90. The summed E-state index contributed by atoms with van der Waals surface area (Å²) in [4.78, 5) is 45.0. The number of nitrogens with zero attached hydrogens (tertiary/aromatic N) is 2. The van der Waals surface area contributed by atoms with Gasteiger partial charge >= 0.3 is 0 Å². The van der Waals surface area contributed by atoms with Crippen molar-refractivity contribution in [1.29, 1.82) is 0 Å². The fraction of sp³-hybridized carbons (Fsp3) is 0.719. The van der Waals surface area contributed by atoms with Gasteiger partial charge < -0.3 is 25.8 Å². The predicted octanol–water partition coefficient (Wildman–Crippen LogP) is 3.11. The molecular weight excluding hydrogens is 521 g/mol. The predicted molar refractivity (Wildman–Crippen MR) is 159 cm³/mol. The van der Waals surface area contributed by atoms with E-state index >= 15 is 0 Å². The summed E-state index contributed by atoms with van der Waals surface area (Å²) in [6.45, 7) is 11.4. The molecule has 3 aliphatic rings. The summed E-state index contributed by atoms with van der Waals surface area (Å²) in [6, 6.07) is 4.91. The number of likely N-dealkylation sites (tertiary alicyclic amines) is 1. The number of amides is 3. The monoisotopic (exact) mass is 571 g/mol. The number of benzene rings is 1. The summed E-state index contributed by atoms with van der Waals surface area (Å²) < 4.78 is 13.6. The van der Waals surface area contributed by atoms with Crippen LogP contribution in [0.5, 0.6) is 0 Å². The summed E-state index contributed by atoms with van der Waals surface area (Å²) in [5.74, 6) is 0.416. The maximum atomic E-state index is 14.0. The first kappa shape index (κ1) is 31.4. The van der Waals surface area contributed by atoms with Gasteiger partial charge in [0.15, 0.2) is 0 Å². The first-order valence-corrected chi connectivity index (χ1v) is 15.4. The topological polar surface area (TPSA) is 93.8 Å². The minimum atomic E-state index is -0.770. The van der Waals surface area contributed by atoms with Crippen LogP contribution in [0.3, 0.4) is 0 Å². The molecule has 1 aromatic rings. The zero-order valence-electron chi connectivity index (χ0n) is 25.6. The molecule has 1 saturated carbocycles. The van der Waals surface area contributed by atoms with Gasteiger partial charge in [0.05, 0.1) is 11.5 Å². The molecule has 0 aromatic heterocycles. The molecule has 3 fully saturated rings. The molecule has 228 valence electrons. The molecule has 0 bridgehead atoms. The van der Waals surface area contributed by atoms with Gasteiger partial charge in [-0.25, -0.2) is 4.39 Å². The van der Waals surface area contributed by atoms with Crippen molar-refractivity contribution in [2.45, 2.75) is 90.3 Å². The third-order valence-corrected chi connectivity index (χ3v) is 9.37. The first-order chi connectivity index (χ1) is 19.4. The average molecular weight is 572 g/mol. The van der Waals surface area contributed by atoms with Crippen molar-refractivity contribution >= 4 is 17.7 Å². The highest BCUT2D eigenvalue weighted by Gasteiger charge is 2.49. The Labute approximate surface area is 245 Å². The van der Waals surface area contributed by atoms with Crippen LogP contribution >= 0.6 is 0 Å². The number of nitrogens with one attached hydrogen (secondary N) is 3. The molecule has 2 aliphatic heterocycles. The molecule has 0 radical (unpaired) electrons. The van der Waals surface area contributed by atoms with Crippen LogP contribution in [0, 0.1) is 23.1 Å². The highest BCUT2D eigenvalue weighted by atomic mass is 19.1. The van der Waals surface area contributed by atoms with Crippen LogP contribution in [-0.4, -0.2) is 84.9 Å². The van der Waals surface area contributed by atoms with E-state index in [1.165, 1.54) is 12.1 Å². The lowest BCUT2D eigenvalue weighted by Gasteiger charge is -2.48. The molecule has 3 amide bonds. The summed E-state index contributed by atoms with van der Waals surface area (Å²) in [5, 5.41) is 9.54. The van der Waals surface area contributed by atoms with Crippen LogP contribution in [0.25, 0.3) is 0 Å². The number of hydrogen-bond donors (Lipinski definition) is 3. The van der Waals surface area contributed by atoms with Crippen molar-refractivity contribution in [1.82, 2.24) is 25.8 Å². The van der Waals surface area contributed by atoms with E-state index in [9.17, 15) is 18.8 Å².